The quantitative estimate of drug-likeness (QED) is 0.835. The molecule has 1 fully saturated rings. The molecule has 0 saturated heterocycles. The maximum atomic E-state index is 6.00. The van der Waals surface area contributed by atoms with Crippen molar-refractivity contribution in [1.29, 1.82) is 0 Å². The largest absolute Gasteiger partial charge is 0.328 e. The fraction of sp³-hybridized carbons (Fsp3) is 0.462. The van der Waals surface area contributed by atoms with Gasteiger partial charge >= 0.3 is 0 Å². The third-order valence-corrected chi connectivity index (χ3v) is 3.87. The highest BCUT2D eigenvalue weighted by Gasteiger charge is 2.34. The molecular formula is C13H17N3. The third kappa shape index (κ3) is 1.28. The smallest absolute Gasteiger partial charge is 0.140 e. The van der Waals surface area contributed by atoms with Gasteiger partial charge in [-0.1, -0.05) is 12.8 Å². The lowest BCUT2D eigenvalue weighted by Gasteiger charge is -2.30. The van der Waals surface area contributed by atoms with Crippen LogP contribution in [0.4, 0.5) is 0 Å². The lowest BCUT2D eigenvalue weighted by Crippen LogP contribution is -2.38. The van der Waals surface area contributed by atoms with Crippen LogP contribution in [-0.4, -0.2) is 16.1 Å². The number of rotatable bonds is 2. The van der Waals surface area contributed by atoms with E-state index in [0.29, 0.717) is 6.54 Å². The molecule has 0 atom stereocenters. The Labute approximate surface area is 95.3 Å². The Kier molecular flexibility index (Phi) is 2.21. The molecule has 0 spiro atoms. The number of fused-ring (bicyclic) bond motifs is 1. The Hall–Kier alpha value is -1.35. The van der Waals surface area contributed by atoms with Gasteiger partial charge in [-0.25, -0.2) is 4.98 Å². The van der Waals surface area contributed by atoms with E-state index in [-0.39, 0.29) is 5.54 Å². The van der Waals surface area contributed by atoms with Crippen molar-refractivity contribution in [1.82, 2.24) is 9.55 Å². The molecule has 2 aromatic heterocycles. The van der Waals surface area contributed by atoms with Gasteiger partial charge in [0.05, 0.1) is 5.54 Å². The summed E-state index contributed by atoms with van der Waals surface area (Å²) in [6, 6.07) is 6.23. The first-order valence-electron chi connectivity index (χ1n) is 5.98. The summed E-state index contributed by atoms with van der Waals surface area (Å²) in [5, 5.41) is 1.21. The van der Waals surface area contributed by atoms with Gasteiger partial charge in [0.2, 0.25) is 0 Å². The van der Waals surface area contributed by atoms with Crippen LogP contribution in [0.5, 0.6) is 0 Å². The van der Waals surface area contributed by atoms with Crippen LogP contribution in [0.25, 0.3) is 11.0 Å². The van der Waals surface area contributed by atoms with E-state index in [1.54, 1.807) is 0 Å². The van der Waals surface area contributed by atoms with Gasteiger partial charge < -0.3 is 10.3 Å². The molecule has 3 heteroatoms. The summed E-state index contributed by atoms with van der Waals surface area (Å²) < 4.78 is 2.30. The average Bonchev–Trinajstić information content (AvgIpc) is 2.96. The minimum Gasteiger partial charge on any atom is -0.328 e. The summed E-state index contributed by atoms with van der Waals surface area (Å²) in [7, 11) is 0. The van der Waals surface area contributed by atoms with Crippen molar-refractivity contribution in [2.24, 2.45) is 5.73 Å². The monoisotopic (exact) mass is 215 g/mol. The van der Waals surface area contributed by atoms with E-state index in [0.717, 1.165) is 5.65 Å². The van der Waals surface area contributed by atoms with E-state index >= 15 is 0 Å². The van der Waals surface area contributed by atoms with Gasteiger partial charge in [-0.15, -0.1) is 0 Å². The highest BCUT2D eigenvalue weighted by atomic mass is 15.1. The molecular weight excluding hydrogens is 198 g/mol. The molecule has 3 rings (SSSR count). The van der Waals surface area contributed by atoms with Crippen LogP contribution in [0.15, 0.2) is 30.6 Å². The number of nitrogens with two attached hydrogens (primary N) is 1. The van der Waals surface area contributed by atoms with Gasteiger partial charge in [0.1, 0.15) is 5.65 Å². The zero-order valence-corrected chi connectivity index (χ0v) is 9.39. The molecule has 1 aliphatic rings. The molecule has 84 valence electrons. The van der Waals surface area contributed by atoms with Crippen molar-refractivity contribution in [3.63, 3.8) is 0 Å². The maximum absolute atomic E-state index is 6.00. The third-order valence-electron chi connectivity index (χ3n) is 3.87. The predicted molar refractivity (Wildman–Crippen MR) is 65.2 cm³/mol. The molecule has 1 aliphatic carbocycles. The molecule has 3 nitrogen and oxygen atoms in total. The molecule has 1 saturated carbocycles. The summed E-state index contributed by atoms with van der Waals surface area (Å²) in [4.78, 5) is 4.49. The lowest BCUT2D eigenvalue weighted by molar-refractivity contribution is 0.312. The molecule has 0 radical (unpaired) electrons. The minimum atomic E-state index is 0.121. The van der Waals surface area contributed by atoms with E-state index in [1.807, 2.05) is 12.3 Å². The van der Waals surface area contributed by atoms with Crippen LogP contribution >= 0.6 is 0 Å². The van der Waals surface area contributed by atoms with Crippen LogP contribution in [0.2, 0.25) is 0 Å². The van der Waals surface area contributed by atoms with E-state index in [4.69, 9.17) is 5.73 Å². The van der Waals surface area contributed by atoms with Gasteiger partial charge in [-0.2, -0.15) is 0 Å². The molecule has 2 N–H and O–H groups in total. The van der Waals surface area contributed by atoms with Gasteiger partial charge in [-0.05, 0) is 31.0 Å². The molecule has 0 aromatic carbocycles. The highest BCUT2D eigenvalue weighted by Crippen LogP contribution is 2.37. The van der Waals surface area contributed by atoms with Gasteiger partial charge in [0.15, 0.2) is 0 Å². The Morgan fingerprint density at radius 3 is 2.88 bits per heavy atom. The number of hydrogen-bond donors (Lipinski definition) is 1. The first-order valence-corrected chi connectivity index (χ1v) is 5.98. The van der Waals surface area contributed by atoms with E-state index < -0.39 is 0 Å². The Morgan fingerprint density at radius 1 is 1.31 bits per heavy atom. The zero-order chi connectivity index (χ0) is 11.0. The van der Waals surface area contributed by atoms with Crippen LogP contribution < -0.4 is 5.73 Å². The fourth-order valence-corrected chi connectivity index (χ4v) is 2.93. The Morgan fingerprint density at radius 2 is 2.12 bits per heavy atom. The summed E-state index contributed by atoms with van der Waals surface area (Å²) in [6.07, 6.45) is 8.94. The molecule has 2 heterocycles. The van der Waals surface area contributed by atoms with Crippen molar-refractivity contribution in [3.8, 4) is 0 Å². The summed E-state index contributed by atoms with van der Waals surface area (Å²) in [5.41, 5.74) is 7.20. The van der Waals surface area contributed by atoms with Crippen LogP contribution in [-0.2, 0) is 5.54 Å². The zero-order valence-electron chi connectivity index (χ0n) is 9.39. The van der Waals surface area contributed by atoms with Gasteiger partial charge in [-0.3, -0.25) is 0 Å². The van der Waals surface area contributed by atoms with Crippen LogP contribution in [0.1, 0.15) is 25.7 Å². The van der Waals surface area contributed by atoms with E-state index in [9.17, 15) is 0 Å². The molecule has 0 unspecified atom stereocenters. The summed E-state index contributed by atoms with van der Waals surface area (Å²) >= 11 is 0. The average molecular weight is 215 g/mol. The first-order chi connectivity index (χ1) is 7.86. The summed E-state index contributed by atoms with van der Waals surface area (Å²) in [6.45, 7) is 0.716. The van der Waals surface area contributed by atoms with E-state index in [2.05, 4.69) is 27.9 Å². The minimum absolute atomic E-state index is 0.121. The molecule has 2 aromatic rings. The first kappa shape index (κ1) is 9.85. The van der Waals surface area contributed by atoms with Crippen molar-refractivity contribution >= 4 is 11.0 Å². The second-order valence-corrected chi connectivity index (χ2v) is 4.74. The maximum Gasteiger partial charge on any atom is 0.140 e. The SMILES string of the molecule is NCC1(n2ccc3cccnc32)CCCC1. The number of pyridine rings is 1. The second-order valence-electron chi connectivity index (χ2n) is 4.74. The van der Waals surface area contributed by atoms with Crippen LogP contribution in [0, 0.1) is 0 Å². The number of hydrogen-bond acceptors (Lipinski definition) is 2. The molecule has 0 amide bonds. The van der Waals surface area contributed by atoms with Gasteiger partial charge in [0.25, 0.3) is 0 Å². The standard InChI is InChI=1S/C13H17N3/c14-10-13(6-1-2-7-13)16-9-5-11-4-3-8-15-12(11)16/h3-5,8-9H,1-2,6-7,10,14H2. The van der Waals surface area contributed by atoms with Crippen molar-refractivity contribution in [2.75, 3.05) is 6.54 Å². The normalized spacial score (nSPS) is 19.3. The topological polar surface area (TPSA) is 43.8 Å². The molecule has 0 aliphatic heterocycles. The lowest BCUT2D eigenvalue weighted by atomic mass is 9.97. The highest BCUT2D eigenvalue weighted by molar-refractivity contribution is 5.76. The second kappa shape index (κ2) is 3.59. The summed E-state index contributed by atoms with van der Waals surface area (Å²) in [5.74, 6) is 0. The Bertz CT molecular complexity index is 495. The van der Waals surface area contributed by atoms with Crippen LogP contribution in [0.3, 0.4) is 0 Å². The van der Waals surface area contributed by atoms with Gasteiger partial charge in [0, 0.05) is 24.3 Å². The van der Waals surface area contributed by atoms with E-state index in [1.165, 1.54) is 31.1 Å². The Balaban J connectivity index is 2.17. The number of aromatic nitrogens is 2. The van der Waals surface area contributed by atoms with Crippen molar-refractivity contribution in [3.05, 3.63) is 30.6 Å². The number of nitrogens with zero attached hydrogens (tertiary/aromatic N) is 2. The van der Waals surface area contributed by atoms with Crippen molar-refractivity contribution < 1.29 is 0 Å². The van der Waals surface area contributed by atoms with Crippen molar-refractivity contribution in [2.45, 2.75) is 31.2 Å². The predicted octanol–water partition coefficient (Wildman–Crippen LogP) is 2.26. The fourth-order valence-electron chi connectivity index (χ4n) is 2.93. The molecule has 16 heavy (non-hydrogen) atoms. The molecule has 0 bridgehead atoms.